The van der Waals surface area contributed by atoms with E-state index in [0.717, 1.165) is 0 Å². The van der Waals surface area contributed by atoms with E-state index in [9.17, 15) is 4.79 Å². The molecule has 9 nitrogen and oxygen atoms in total. The molecule has 0 aliphatic rings. The number of hydrogen-bond acceptors (Lipinski definition) is 7. The molecule has 2 heterocycles. The molecule has 0 fully saturated rings. The number of nitrogen functional groups attached to an aromatic ring is 1. The third-order valence-electron chi connectivity index (χ3n) is 3.50. The maximum atomic E-state index is 12.1. The Bertz CT molecular complexity index is 892. The maximum absolute atomic E-state index is 12.1. The van der Waals surface area contributed by atoms with Gasteiger partial charge in [-0.25, -0.2) is 9.97 Å². The van der Waals surface area contributed by atoms with Gasteiger partial charge in [0.1, 0.15) is 11.5 Å². The summed E-state index contributed by atoms with van der Waals surface area (Å²) in [6.07, 6.45) is 3.54. The number of rotatable bonds is 6. The normalized spacial score (nSPS) is 12.2. The molecule has 6 N–H and O–H groups in total. The van der Waals surface area contributed by atoms with Gasteiger partial charge in [0, 0.05) is 12.6 Å². The minimum absolute atomic E-state index is 0.156. The number of hydrogen-bond donors (Lipinski definition) is 4. The summed E-state index contributed by atoms with van der Waals surface area (Å²) in [4.78, 5) is 23.1. The van der Waals surface area contributed by atoms with Crippen LogP contribution in [0.5, 0.6) is 0 Å². The summed E-state index contributed by atoms with van der Waals surface area (Å²) in [7, 11) is 0. The van der Waals surface area contributed by atoms with Crippen LogP contribution in [-0.4, -0.2) is 26.9 Å². The van der Waals surface area contributed by atoms with Crippen LogP contribution in [0.4, 0.5) is 23.0 Å². The van der Waals surface area contributed by atoms with E-state index < -0.39 is 6.04 Å². The number of nitrogens with zero attached hydrogens (tertiary/aromatic N) is 4. The fraction of sp³-hybridized carbons (Fsp3) is 0.118. The van der Waals surface area contributed by atoms with Gasteiger partial charge in [0.15, 0.2) is 5.82 Å². The highest BCUT2D eigenvalue weighted by molar-refractivity contribution is 5.94. The standard InChI is InChI=1S/C17H18N8O/c18-13(8-12-9-20-10-21-12)17(26)23-15-7-6-14(16(19)22-15)25-24-11-4-2-1-3-5-11/h1-7,9-10,13H,8,18H2,(H,20,21)(H3,19,22,23,26)/t13-/m0/s1. The Kier molecular flexibility index (Phi) is 5.30. The number of aromatic amines is 1. The van der Waals surface area contributed by atoms with Crippen LogP contribution in [0.3, 0.4) is 0 Å². The molecule has 0 saturated carbocycles. The molecule has 2 aromatic heterocycles. The van der Waals surface area contributed by atoms with Gasteiger partial charge < -0.3 is 21.8 Å². The maximum Gasteiger partial charge on any atom is 0.242 e. The summed E-state index contributed by atoms with van der Waals surface area (Å²) in [6, 6.07) is 11.7. The van der Waals surface area contributed by atoms with Gasteiger partial charge in [0.25, 0.3) is 0 Å². The third kappa shape index (κ3) is 4.48. The molecule has 3 aromatic rings. The Balaban J connectivity index is 1.63. The highest BCUT2D eigenvalue weighted by atomic mass is 16.2. The Morgan fingerprint density at radius 3 is 2.69 bits per heavy atom. The topological polar surface area (TPSA) is 147 Å². The van der Waals surface area contributed by atoms with E-state index in [1.54, 1.807) is 18.3 Å². The number of H-pyrrole nitrogens is 1. The van der Waals surface area contributed by atoms with Crippen molar-refractivity contribution in [2.75, 3.05) is 11.1 Å². The van der Waals surface area contributed by atoms with Gasteiger partial charge in [-0.1, -0.05) is 18.2 Å². The first kappa shape index (κ1) is 17.2. The number of carbonyl (C=O) groups is 1. The molecule has 9 heteroatoms. The second kappa shape index (κ2) is 7.99. The first-order chi connectivity index (χ1) is 12.6. The van der Waals surface area contributed by atoms with E-state index in [2.05, 4.69) is 30.5 Å². The number of nitrogens with two attached hydrogens (primary N) is 2. The summed E-state index contributed by atoms with van der Waals surface area (Å²) in [5.74, 6) is 0.0746. The first-order valence-corrected chi connectivity index (χ1v) is 7.89. The summed E-state index contributed by atoms with van der Waals surface area (Å²) < 4.78 is 0. The third-order valence-corrected chi connectivity index (χ3v) is 3.50. The molecule has 0 aliphatic heterocycles. The number of amides is 1. The van der Waals surface area contributed by atoms with E-state index in [-0.39, 0.29) is 11.7 Å². The lowest BCUT2D eigenvalue weighted by Gasteiger charge is -2.11. The Hall–Kier alpha value is -3.59. The molecule has 0 spiro atoms. The van der Waals surface area contributed by atoms with Crippen LogP contribution in [-0.2, 0) is 11.2 Å². The number of benzene rings is 1. The average Bonchev–Trinajstić information content (AvgIpc) is 3.15. The van der Waals surface area contributed by atoms with Crippen LogP contribution >= 0.6 is 0 Å². The largest absolute Gasteiger partial charge is 0.382 e. The van der Waals surface area contributed by atoms with Gasteiger partial charge in [0.05, 0.1) is 23.8 Å². The summed E-state index contributed by atoms with van der Waals surface area (Å²) in [5, 5.41) is 10.8. The molecule has 0 saturated heterocycles. The Morgan fingerprint density at radius 1 is 1.19 bits per heavy atom. The van der Waals surface area contributed by atoms with Crippen molar-refractivity contribution < 1.29 is 4.79 Å². The van der Waals surface area contributed by atoms with Crippen molar-refractivity contribution in [3.05, 3.63) is 60.7 Å². The number of aromatic nitrogens is 3. The summed E-state index contributed by atoms with van der Waals surface area (Å²) >= 11 is 0. The molecule has 1 aromatic carbocycles. The number of anilines is 2. The number of pyridine rings is 1. The van der Waals surface area contributed by atoms with Crippen molar-refractivity contribution in [3.8, 4) is 0 Å². The van der Waals surface area contributed by atoms with Gasteiger partial charge in [-0.3, -0.25) is 4.79 Å². The van der Waals surface area contributed by atoms with Crippen LogP contribution in [0.15, 0.2) is 65.2 Å². The predicted molar refractivity (Wildman–Crippen MR) is 98.2 cm³/mol. The van der Waals surface area contributed by atoms with Crippen molar-refractivity contribution in [2.45, 2.75) is 12.5 Å². The lowest BCUT2D eigenvalue weighted by molar-refractivity contribution is -0.117. The van der Waals surface area contributed by atoms with Gasteiger partial charge in [-0.2, -0.15) is 5.11 Å². The first-order valence-electron chi connectivity index (χ1n) is 7.89. The van der Waals surface area contributed by atoms with Crippen molar-refractivity contribution >= 4 is 28.9 Å². The van der Waals surface area contributed by atoms with E-state index in [1.165, 1.54) is 6.33 Å². The zero-order chi connectivity index (χ0) is 18.4. The van der Waals surface area contributed by atoms with E-state index in [0.29, 0.717) is 29.3 Å². The number of carbonyl (C=O) groups excluding carboxylic acids is 1. The number of nitrogens with one attached hydrogen (secondary N) is 2. The molecule has 0 unspecified atom stereocenters. The molecule has 26 heavy (non-hydrogen) atoms. The van der Waals surface area contributed by atoms with Gasteiger partial charge in [-0.05, 0) is 24.3 Å². The number of imidazole rings is 1. The van der Waals surface area contributed by atoms with Crippen LogP contribution in [0, 0.1) is 0 Å². The monoisotopic (exact) mass is 350 g/mol. The summed E-state index contributed by atoms with van der Waals surface area (Å²) in [5.41, 5.74) is 13.6. The molecule has 3 rings (SSSR count). The second-order valence-corrected chi connectivity index (χ2v) is 5.50. The Labute approximate surface area is 149 Å². The second-order valence-electron chi connectivity index (χ2n) is 5.50. The van der Waals surface area contributed by atoms with Crippen LogP contribution in [0.25, 0.3) is 0 Å². The predicted octanol–water partition coefficient (Wildman–Crippen LogP) is 2.31. The minimum atomic E-state index is -0.751. The molecule has 132 valence electrons. The molecule has 1 atom stereocenters. The average molecular weight is 350 g/mol. The highest BCUT2D eigenvalue weighted by Crippen LogP contribution is 2.24. The van der Waals surface area contributed by atoms with Crippen molar-refractivity contribution in [3.63, 3.8) is 0 Å². The van der Waals surface area contributed by atoms with E-state index in [1.807, 2.05) is 30.3 Å². The lowest BCUT2D eigenvalue weighted by Crippen LogP contribution is -2.37. The van der Waals surface area contributed by atoms with Crippen molar-refractivity contribution in [2.24, 2.45) is 16.0 Å². The zero-order valence-corrected chi connectivity index (χ0v) is 13.8. The number of azo groups is 1. The molecule has 0 bridgehead atoms. The minimum Gasteiger partial charge on any atom is -0.382 e. The van der Waals surface area contributed by atoms with Crippen LogP contribution < -0.4 is 16.8 Å². The van der Waals surface area contributed by atoms with Gasteiger partial charge >= 0.3 is 0 Å². The molecule has 0 radical (unpaired) electrons. The molecular weight excluding hydrogens is 332 g/mol. The van der Waals surface area contributed by atoms with Crippen molar-refractivity contribution in [1.29, 1.82) is 0 Å². The van der Waals surface area contributed by atoms with Crippen LogP contribution in [0.2, 0.25) is 0 Å². The molecule has 0 aliphatic carbocycles. The van der Waals surface area contributed by atoms with Crippen LogP contribution in [0.1, 0.15) is 5.69 Å². The zero-order valence-electron chi connectivity index (χ0n) is 13.8. The van der Waals surface area contributed by atoms with Gasteiger partial charge in [0.2, 0.25) is 5.91 Å². The molecule has 1 amide bonds. The Morgan fingerprint density at radius 2 is 2.00 bits per heavy atom. The molecular formula is C17H18N8O. The van der Waals surface area contributed by atoms with E-state index >= 15 is 0 Å². The van der Waals surface area contributed by atoms with Crippen molar-refractivity contribution in [1.82, 2.24) is 15.0 Å². The quantitative estimate of drug-likeness (QED) is 0.503. The summed E-state index contributed by atoms with van der Waals surface area (Å²) in [6.45, 7) is 0. The van der Waals surface area contributed by atoms with E-state index in [4.69, 9.17) is 11.5 Å². The fourth-order valence-electron chi connectivity index (χ4n) is 2.17. The lowest BCUT2D eigenvalue weighted by atomic mass is 10.1. The smallest absolute Gasteiger partial charge is 0.242 e. The highest BCUT2D eigenvalue weighted by Gasteiger charge is 2.16. The van der Waals surface area contributed by atoms with Gasteiger partial charge in [-0.15, -0.1) is 5.11 Å². The fourth-order valence-corrected chi connectivity index (χ4v) is 2.17. The SMILES string of the molecule is Nc1nc(NC(=O)[C@@H](N)Cc2c[nH]cn2)ccc1N=Nc1ccccc1.